The Morgan fingerprint density at radius 1 is 1.07 bits per heavy atom. The maximum absolute atomic E-state index is 12.5. The number of ether oxygens (including phenoxy) is 1. The van der Waals surface area contributed by atoms with Crippen LogP contribution in [0.2, 0.25) is 0 Å². The molecule has 0 radical (unpaired) electrons. The third-order valence-corrected chi connectivity index (χ3v) is 5.90. The van der Waals surface area contributed by atoms with Crippen molar-refractivity contribution >= 4 is 15.9 Å². The van der Waals surface area contributed by atoms with E-state index in [2.05, 4.69) is 4.74 Å². The third kappa shape index (κ3) is 6.26. The quantitative estimate of drug-likeness (QED) is 0.724. The lowest BCUT2D eigenvalue weighted by Gasteiger charge is -2.30. The molecule has 1 amide bonds. The number of rotatable bonds is 5. The number of nitrogens with one attached hydrogen (secondary N) is 1. The second kappa shape index (κ2) is 8.15. The second-order valence-corrected chi connectivity index (χ2v) is 7.97. The van der Waals surface area contributed by atoms with Crippen LogP contribution in [0.3, 0.4) is 0 Å². The SMILES string of the molecule is O=C(NCC(F)(F)F)C1CCN(S(=O)(=O)c2ccc(OC(F)(F)F)cc2)CC1. The Labute approximate surface area is 156 Å². The average molecular weight is 434 g/mol. The van der Waals surface area contributed by atoms with Gasteiger partial charge in [-0.2, -0.15) is 17.5 Å². The molecule has 6 nitrogen and oxygen atoms in total. The van der Waals surface area contributed by atoms with E-state index in [1.54, 1.807) is 5.32 Å². The van der Waals surface area contributed by atoms with Gasteiger partial charge in [-0.15, -0.1) is 13.2 Å². The summed E-state index contributed by atoms with van der Waals surface area (Å²) < 4.78 is 103. The Kier molecular flexibility index (Phi) is 6.48. The van der Waals surface area contributed by atoms with E-state index in [1.165, 1.54) is 0 Å². The summed E-state index contributed by atoms with van der Waals surface area (Å²) in [5.41, 5.74) is 0. The van der Waals surface area contributed by atoms with Crippen LogP contribution < -0.4 is 10.1 Å². The van der Waals surface area contributed by atoms with Crippen molar-refractivity contribution in [3.05, 3.63) is 24.3 Å². The van der Waals surface area contributed by atoms with Crippen LogP contribution in [0.15, 0.2) is 29.2 Å². The fourth-order valence-corrected chi connectivity index (χ4v) is 4.12. The molecule has 1 aromatic carbocycles. The molecular formula is C15H16F6N2O4S. The Hall–Kier alpha value is -2.02. The zero-order valence-corrected chi connectivity index (χ0v) is 15.0. The predicted molar refractivity (Wildman–Crippen MR) is 83.7 cm³/mol. The summed E-state index contributed by atoms with van der Waals surface area (Å²) in [4.78, 5) is 11.5. The molecule has 1 aromatic rings. The van der Waals surface area contributed by atoms with Crippen molar-refractivity contribution in [3.8, 4) is 5.75 Å². The molecule has 1 saturated heterocycles. The van der Waals surface area contributed by atoms with Gasteiger partial charge in [0.1, 0.15) is 12.3 Å². The molecule has 1 aliphatic heterocycles. The summed E-state index contributed by atoms with van der Waals surface area (Å²) in [6, 6.07) is 3.63. The van der Waals surface area contributed by atoms with Crippen molar-refractivity contribution in [2.24, 2.45) is 5.92 Å². The minimum Gasteiger partial charge on any atom is -0.406 e. The number of hydrogen-bond acceptors (Lipinski definition) is 4. The van der Waals surface area contributed by atoms with Crippen molar-refractivity contribution in [3.63, 3.8) is 0 Å². The predicted octanol–water partition coefficient (Wildman–Crippen LogP) is 2.66. The maximum Gasteiger partial charge on any atom is 0.573 e. The van der Waals surface area contributed by atoms with E-state index in [0.29, 0.717) is 0 Å². The number of nitrogens with zero attached hydrogens (tertiary/aromatic N) is 1. The van der Waals surface area contributed by atoms with Crippen LogP contribution in [-0.4, -0.2) is 50.8 Å². The van der Waals surface area contributed by atoms with Crippen molar-refractivity contribution < 1.29 is 44.3 Å². The number of benzene rings is 1. The molecule has 0 aromatic heterocycles. The average Bonchev–Trinajstić information content (AvgIpc) is 2.58. The van der Waals surface area contributed by atoms with Crippen LogP contribution in [0.25, 0.3) is 0 Å². The smallest absolute Gasteiger partial charge is 0.406 e. The third-order valence-electron chi connectivity index (χ3n) is 3.98. The molecule has 0 bridgehead atoms. The Bertz CT molecular complexity index is 784. The fourth-order valence-electron chi connectivity index (χ4n) is 2.65. The molecule has 0 aliphatic carbocycles. The highest BCUT2D eigenvalue weighted by molar-refractivity contribution is 7.89. The second-order valence-electron chi connectivity index (χ2n) is 6.03. The first-order valence-corrected chi connectivity index (χ1v) is 9.42. The lowest BCUT2D eigenvalue weighted by molar-refractivity contribution is -0.274. The maximum atomic E-state index is 12.5. The Morgan fingerprint density at radius 2 is 1.61 bits per heavy atom. The zero-order chi connectivity index (χ0) is 21.2. The van der Waals surface area contributed by atoms with Gasteiger partial charge in [0.05, 0.1) is 4.90 Å². The normalized spacial score (nSPS) is 17.4. The molecule has 0 atom stereocenters. The molecule has 13 heteroatoms. The largest absolute Gasteiger partial charge is 0.573 e. The van der Waals surface area contributed by atoms with Gasteiger partial charge >= 0.3 is 12.5 Å². The standard InChI is InChI=1S/C15H16F6N2O4S/c16-14(17,18)9-22-13(24)10-5-7-23(8-6-10)28(25,26)12-3-1-11(2-4-12)27-15(19,20)21/h1-4,10H,5-9H2,(H,22,24). The molecule has 0 spiro atoms. The molecule has 0 unspecified atom stereocenters. The van der Waals surface area contributed by atoms with Gasteiger partial charge in [0.25, 0.3) is 0 Å². The molecule has 1 fully saturated rings. The highest BCUT2D eigenvalue weighted by atomic mass is 32.2. The molecule has 1 aliphatic rings. The lowest BCUT2D eigenvalue weighted by atomic mass is 9.97. The van der Waals surface area contributed by atoms with Crippen molar-refractivity contribution in [1.82, 2.24) is 9.62 Å². The van der Waals surface area contributed by atoms with Gasteiger partial charge in [0.2, 0.25) is 15.9 Å². The Balaban J connectivity index is 1.96. The van der Waals surface area contributed by atoms with Crippen LogP contribution in [0.4, 0.5) is 26.3 Å². The number of piperidine rings is 1. The van der Waals surface area contributed by atoms with Crippen LogP contribution >= 0.6 is 0 Å². The van der Waals surface area contributed by atoms with E-state index in [4.69, 9.17) is 0 Å². The van der Waals surface area contributed by atoms with Gasteiger partial charge in [0.15, 0.2) is 0 Å². The van der Waals surface area contributed by atoms with Gasteiger partial charge in [-0.05, 0) is 37.1 Å². The van der Waals surface area contributed by atoms with E-state index < -0.39 is 46.7 Å². The van der Waals surface area contributed by atoms with Crippen molar-refractivity contribution in [2.75, 3.05) is 19.6 Å². The minimum atomic E-state index is -4.91. The molecule has 28 heavy (non-hydrogen) atoms. The molecule has 158 valence electrons. The van der Waals surface area contributed by atoms with E-state index in [-0.39, 0.29) is 30.8 Å². The van der Waals surface area contributed by atoms with E-state index in [9.17, 15) is 39.6 Å². The lowest BCUT2D eigenvalue weighted by Crippen LogP contribution is -2.44. The van der Waals surface area contributed by atoms with Gasteiger partial charge in [-0.25, -0.2) is 8.42 Å². The first-order chi connectivity index (χ1) is 12.8. The van der Waals surface area contributed by atoms with Gasteiger partial charge in [-0.3, -0.25) is 4.79 Å². The van der Waals surface area contributed by atoms with Gasteiger partial charge in [0, 0.05) is 19.0 Å². The number of carbonyl (C=O) groups excluding carboxylic acids is 1. The highest BCUT2D eigenvalue weighted by Crippen LogP contribution is 2.27. The summed E-state index contributed by atoms with van der Waals surface area (Å²) in [6.45, 7) is -1.67. The van der Waals surface area contributed by atoms with Crippen molar-refractivity contribution in [2.45, 2.75) is 30.3 Å². The van der Waals surface area contributed by atoms with Crippen LogP contribution in [-0.2, 0) is 14.8 Å². The Morgan fingerprint density at radius 3 is 2.07 bits per heavy atom. The van der Waals surface area contributed by atoms with E-state index in [1.807, 2.05) is 0 Å². The highest BCUT2D eigenvalue weighted by Gasteiger charge is 2.35. The number of amides is 1. The minimum absolute atomic E-state index is 0.0260. The first-order valence-electron chi connectivity index (χ1n) is 7.98. The van der Waals surface area contributed by atoms with E-state index in [0.717, 1.165) is 28.6 Å². The molecule has 0 saturated carbocycles. The molecule has 1 N–H and O–H groups in total. The van der Waals surface area contributed by atoms with Crippen LogP contribution in [0.5, 0.6) is 5.75 Å². The van der Waals surface area contributed by atoms with Gasteiger partial charge in [-0.1, -0.05) is 0 Å². The number of carbonyl (C=O) groups is 1. The number of halogens is 6. The topological polar surface area (TPSA) is 75.7 Å². The molecule has 2 rings (SSSR count). The summed E-state index contributed by atoms with van der Waals surface area (Å²) in [7, 11) is -4.02. The summed E-state index contributed by atoms with van der Waals surface area (Å²) in [6.07, 6.45) is -9.40. The zero-order valence-electron chi connectivity index (χ0n) is 14.2. The summed E-state index contributed by atoms with van der Waals surface area (Å²) in [5.74, 6) is -2.13. The summed E-state index contributed by atoms with van der Waals surface area (Å²) in [5, 5.41) is 1.76. The number of sulfonamides is 1. The summed E-state index contributed by atoms with van der Waals surface area (Å²) >= 11 is 0. The first kappa shape index (κ1) is 22.3. The number of alkyl halides is 6. The monoisotopic (exact) mass is 434 g/mol. The van der Waals surface area contributed by atoms with Crippen LogP contribution in [0, 0.1) is 5.92 Å². The number of hydrogen-bond donors (Lipinski definition) is 1. The van der Waals surface area contributed by atoms with Crippen molar-refractivity contribution in [1.29, 1.82) is 0 Å². The molecular weight excluding hydrogens is 418 g/mol. The van der Waals surface area contributed by atoms with Crippen LogP contribution in [0.1, 0.15) is 12.8 Å². The fraction of sp³-hybridized carbons (Fsp3) is 0.533. The van der Waals surface area contributed by atoms with E-state index >= 15 is 0 Å². The molecule has 1 heterocycles. The van der Waals surface area contributed by atoms with Gasteiger partial charge < -0.3 is 10.1 Å².